The first kappa shape index (κ1) is 25.1. The highest BCUT2D eigenvalue weighted by atomic mass is 16.6. The Balaban J connectivity index is 1.25. The molecule has 3 amide bonds. The SMILES string of the molecule is COc1cc([N+](=O)[O-])ccc1N1C[C@H](C(=O)Oc2ccc(N3C(=O)[C@H]4CC=C(C)C[C@@H]4C3=O)cc2)CC1=O. The summed E-state index contributed by atoms with van der Waals surface area (Å²) < 4.78 is 10.7. The summed E-state index contributed by atoms with van der Waals surface area (Å²) in [6.07, 6.45) is 3.04. The molecule has 11 nitrogen and oxygen atoms in total. The van der Waals surface area contributed by atoms with Crippen LogP contribution in [0.15, 0.2) is 54.1 Å². The molecular formula is C27H25N3O8. The van der Waals surface area contributed by atoms with E-state index < -0.39 is 16.8 Å². The van der Waals surface area contributed by atoms with Crippen LogP contribution in [-0.2, 0) is 19.2 Å². The first-order chi connectivity index (χ1) is 18.2. The summed E-state index contributed by atoms with van der Waals surface area (Å²) in [4.78, 5) is 64.3. The number of fused-ring (bicyclic) bond motifs is 1. The number of nitro groups is 1. The third-order valence-corrected chi connectivity index (χ3v) is 7.26. The number of allylic oxidation sites excluding steroid dienone is 2. The Morgan fingerprint density at radius 1 is 1.03 bits per heavy atom. The Hall–Kier alpha value is -4.54. The van der Waals surface area contributed by atoms with Crippen molar-refractivity contribution in [2.45, 2.75) is 26.2 Å². The molecule has 2 aliphatic heterocycles. The van der Waals surface area contributed by atoms with E-state index in [0.29, 0.717) is 24.2 Å². The fourth-order valence-electron chi connectivity index (χ4n) is 5.26. The highest BCUT2D eigenvalue weighted by Gasteiger charge is 2.48. The second-order valence-electron chi connectivity index (χ2n) is 9.65. The van der Waals surface area contributed by atoms with E-state index in [-0.39, 0.29) is 59.7 Å². The van der Waals surface area contributed by atoms with Crippen molar-refractivity contribution in [3.63, 3.8) is 0 Å². The van der Waals surface area contributed by atoms with Crippen molar-refractivity contribution in [1.82, 2.24) is 0 Å². The summed E-state index contributed by atoms with van der Waals surface area (Å²) in [6, 6.07) is 10.0. The molecule has 1 aliphatic carbocycles. The lowest BCUT2D eigenvalue weighted by Crippen LogP contribution is -2.30. The predicted octanol–water partition coefficient (Wildman–Crippen LogP) is 3.41. The van der Waals surface area contributed by atoms with Crippen LogP contribution < -0.4 is 19.3 Å². The molecule has 11 heteroatoms. The second-order valence-corrected chi connectivity index (χ2v) is 9.65. The van der Waals surface area contributed by atoms with Gasteiger partial charge in [0.2, 0.25) is 17.7 Å². The monoisotopic (exact) mass is 519 g/mol. The van der Waals surface area contributed by atoms with Gasteiger partial charge in [0.25, 0.3) is 5.69 Å². The van der Waals surface area contributed by atoms with Crippen LogP contribution >= 0.6 is 0 Å². The fraction of sp³-hybridized carbons (Fsp3) is 0.333. The Morgan fingerprint density at radius 3 is 2.42 bits per heavy atom. The Kier molecular flexibility index (Phi) is 6.43. The molecule has 0 N–H and O–H groups in total. The number of nitrogens with zero attached hydrogens (tertiary/aromatic N) is 3. The molecule has 38 heavy (non-hydrogen) atoms. The Labute approximate surface area is 217 Å². The van der Waals surface area contributed by atoms with Crippen LogP contribution in [0, 0.1) is 27.9 Å². The lowest BCUT2D eigenvalue weighted by Gasteiger charge is -2.19. The van der Waals surface area contributed by atoms with Gasteiger partial charge in [-0.2, -0.15) is 0 Å². The van der Waals surface area contributed by atoms with E-state index >= 15 is 0 Å². The van der Waals surface area contributed by atoms with E-state index in [2.05, 4.69) is 0 Å². The highest BCUT2D eigenvalue weighted by molar-refractivity contribution is 6.22. The molecule has 0 spiro atoms. The first-order valence-electron chi connectivity index (χ1n) is 12.2. The van der Waals surface area contributed by atoms with Gasteiger partial charge in [0.15, 0.2) is 0 Å². The number of hydrogen-bond donors (Lipinski definition) is 0. The molecule has 3 aliphatic rings. The van der Waals surface area contributed by atoms with Crippen molar-refractivity contribution < 1.29 is 33.6 Å². The number of methoxy groups -OCH3 is 1. The second kappa shape index (κ2) is 9.73. The largest absolute Gasteiger partial charge is 0.494 e. The highest BCUT2D eigenvalue weighted by Crippen LogP contribution is 2.40. The van der Waals surface area contributed by atoms with Gasteiger partial charge in [0.05, 0.1) is 47.2 Å². The van der Waals surface area contributed by atoms with Crippen molar-refractivity contribution >= 4 is 40.8 Å². The molecule has 2 saturated heterocycles. The van der Waals surface area contributed by atoms with Crippen LogP contribution in [0.5, 0.6) is 11.5 Å². The first-order valence-corrected chi connectivity index (χ1v) is 12.2. The minimum atomic E-state index is -0.761. The standard InChI is InChI=1S/C27H25N3O8/c1-15-3-9-20-21(11-15)26(33)29(25(20)32)17-4-7-19(8-5-17)38-27(34)16-12-24(31)28(14-16)22-10-6-18(30(35)36)13-23(22)37-2/h3-8,10,13,16,20-21H,9,11-12,14H2,1-2H3/t16-,20+,21+/m1/s1. The number of carbonyl (C=O) groups excluding carboxylic acids is 4. The molecule has 0 bridgehead atoms. The van der Waals surface area contributed by atoms with Gasteiger partial charge in [-0.05, 0) is 50.1 Å². The fourth-order valence-corrected chi connectivity index (χ4v) is 5.26. The number of ether oxygens (including phenoxy) is 2. The van der Waals surface area contributed by atoms with Gasteiger partial charge >= 0.3 is 5.97 Å². The summed E-state index contributed by atoms with van der Waals surface area (Å²) in [5.74, 6) is -2.49. The van der Waals surface area contributed by atoms with E-state index in [1.807, 2.05) is 13.0 Å². The zero-order valence-corrected chi connectivity index (χ0v) is 20.8. The van der Waals surface area contributed by atoms with Crippen molar-refractivity contribution in [1.29, 1.82) is 0 Å². The molecule has 0 aromatic heterocycles. The number of anilines is 2. The van der Waals surface area contributed by atoms with Crippen molar-refractivity contribution in [2.24, 2.45) is 17.8 Å². The van der Waals surface area contributed by atoms with Crippen LogP contribution in [-0.4, -0.2) is 42.3 Å². The maximum atomic E-state index is 12.9. The summed E-state index contributed by atoms with van der Waals surface area (Å²) >= 11 is 0. The molecule has 196 valence electrons. The van der Waals surface area contributed by atoms with Gasteiger partial charge in [0.1, 0.15) is 11.5 Å². The molecule has 5 rings (SSSR count). The smallest absolute Gasteiger partial charge is 0.316 e. The van der Waals surface area contributed by atoms with Gasteiger partial charge in [-0.25, -0.2) is 0 Å². The van der Waals surface area contributed by atoms with Gasteiger partial charge in [-0.1, -0.05) is 11.6 Å². The number of imide groups is 1. The van der Waals surface area contributed by atoms with Gasteiger partial charge in [0, 0.05) is 19.0 Å². The van der Waals surface area contributed by atoms with E-state index in [0.717, 1.165) is 5.57 Å². The lowest BCUT2D eigenvalue weighted by atomic mass is 9.82. The maximum Gasteiger partial charge on any atom is 0.316 e. The van der Waals surface area contributed by atoms with Gasteiger partial charge < -0.3 is 14.4 Å². The minimum Gasteiger partial charge on any atom is -0.494 e. The van der Waals surface area contributed by atoms with Gasteiger partial charge in [-0.3, -0.25) is 34.2 Å². The molecule has 0 unspecified atom stereocenters. The zero-order chi connectivity index (χ0) is 27.1. The Bertz CT molecular complexity index is 1380. The van der Waals surface area contributed by atoms with Crippen molar-refractivity contribution in [3.05, 3.63) is 64.2 Å². The van der Waals surface area contributed by atoms with Crippen LogP contribution in [0.4, 0.5) is 17.1 Å². The van der Waals surface area contributed by atoms with E-state index in [4.69, 9.17) is 9.47 Å². The average Bonchev–Trinajstić information content (AvgIpc) is 3.40. The van der Waals surface area contributed by atoms with E-state index in [1.165, 1.54) is 47.2 Å². The summed E-state index contributed by atoms with van der Waals surface area (Å²) in [5, 5.41) is 11.0. The number of non-ortho nitro benzene ring substituents is 1. The number of amides is 3. The minimum absolute atomic E-state index is 0.0247. The molecular weight excluding hydrogens is 494 g/mol. The molecule has 2 fully saturated rings. The molecule has 3 atom stereocenters. The number of hydrogen-bond acceptors (Lipinski definition) is 8. The lowest BCUT2D eigenvalue weighted by molar-refractivity contribution is -0.384. The topological polar surface area (TPSA) is 136 Å². The van der Waals surface area contributed by atoms with Crippen molar-refractivity contribution in [2.75, 3.05) is 23.5 Å². The van der Waals surface area contributed by atoms with Gasteiger partial charge in [-0.15, -0.1) is 0 Å². The third kappa shape index (κ3) is 4.40. The summed E-state index contributed by atoms with van der Waals surface area (Å²) in [6.45, 7) is 1.98. The maximum absolute atomic E-state index is 12.9. The normalized spacial score (nSPS) is 22.8. The van der Waals surface area contributed by atoms with Crippen LogP contribution in [0.1, 0.15) is 26.2 Å². The quantitative estimate of drug-likeness (QED) is 0.141. The number of nitro benzene ring substituents is 1. The number of esters is 1. The van der Waals surface area contributed by atoms with Crippen LogP contribution in [0.25, 0.3) is 0 Å². The molecule has 0 saturated carbocycles. The number of carbonyl (C=O) groups is 4. The van der Waals surface area contributed by atoms with Crippen LogP contribution in [0.2, 0.25) is 0 Å². The van der Waals surface area contributed by atoms with Crippen LogP contribution in [0.3, 0.4) is 0 Å². The predicted molar refractivity (Wildman–Crippen MR) is 135 cm³/mol. The third-order valence-electron chi connectivity index (χ3n) is 7.26. The van der Waals surface area contributed by atoms with Crippen molar-refractivity contribution in [3.8, 4) is 11.5 Å². The molecule has 2 aromatic rings. The number of rotatable bonds is 6. The molecule has 0 radical (unpaired) electrons. The van der Waals surface area contributed by atoms with E-state index in [1.54, 1.807) is 12.1 Å². The molecule has 2 aromatic carbocycles. The summed E-state index contributed by atoms with van der Waals surface area (Å²) in [7, 11) is 1.34. The van der Waals surface area contributed by atoms with E-state index in [9.17, 15) is 29.3 Å². The summed E-state index contributed by atoms with van der Waals surface area (Å²) in [5.41, 5.74) is 1.67. The molecule has 2 heterocycles. The average molecular weight is 520 g/mol. The Morgan fingerprint density at radius 2 is 1.74 bits per heavy atom. The number of benzene rings is 2. The zero-order valence-electron chi connectivity index (χ0n) is 20.8.